The number of ether oxygens (including phenoxy) is 2. The molecule has 0 atom stereocenters. The maximum atomic E-state index is 13.2. The van der Waals surface area contributed by atoms with Crippen LogP contribution in [0.25, 0.3) is 21.7 Å². The van der Waals surface area contributed by atoms with Gasteiger partial charge in [0.25, 0.3) is 11.8 Å². The number of benzene rings is 3. The predicted octanol–water partition coefficient (Wildman–Crippen LogP) is 4.99. The van der Waals surface area contributed by atoms with Crippen molar-refractivity contribution in [2.24, 2.45) is 5.73 Å². The molecule has 5 aromatic rings. The fourth-order valence-corrected chi connectivity index (χ4v) is 5.79. The summed E-state index contributed by atoms with van der Waals surface area (Å²) in [5, 5.41) is 5.45. The highest BCUT2D eigenvalue weighted by Gasteiger charge is 2.24. The van der Waals surface area contributed by atoms with Crippen molar-refractivity contribution in [3.8, 4) is 11.5 Å². The number of primary amides is 1. The second kappa shape index (κ2) is 8.79. The minimum atomic E-state index is -0.769. The maximum Gasteiger partial charge on any atom is 0.349 e. The Bertz CT molecular complexity index is 1800. The summed E-state index contributed by atoms with van der Waals surface area (Å²) >= 11 is 1.24. The lowest BCUT2D eigenvalue weighted by Gasteiger charge is -2.07. The van der Waals surface area contributed by atoms with Crippen LogP contribution in [0.2, 0.25) is 0 Å². The fraction of sp³-hybridized carbons (Fsp3) is 0.107. The molecule has 0 aliphatic carbocycles. The van der Waals surface area contributed by atoms with E-state index >= 15 is 0 Å². The number of carbonyl (C=O) groups excluding carboxylic acids is 2. The summed E-state index contributed by atoms with van der Waals surface area (Å²) in [5.41, 5.74) is 6.96. The first-order chi connectivity index (χ1) is 17.9. The van der Waals surface area contributed by atoms with E-state index in [4.69, 9.17) is 19.6 Å². The predicted molar refractivity (Wildman–Crippen MR) is 141 cm³/mol. The summed E-state index contributed by atoms with van der Waals surface area (Å²) in [6, 6.07) is 18.3. The number of fused-ring (bicyclic) bond motifs is 4. The fourth-order valence-electron chi connectivity index (χ4n) is 4.55. The Labute approximate surface area is 214 Å². The van der Waals surface area contributed by atoms with Gasteiger partial charge in [-0.1, -0.05) is 36.4 Å². The number of hydrogen-bond donors (Lipinski definition) is 2. The van der Waals surface area contributed by atoms with Gasteiger partial charge < -0.3 is 24.9 Å². The molecule has 1 aliphatic heterocycles. The molecule has 3 aromatic carbocycles. The van der Waals surface area contributed by atoms with Gasteiger partial charge >= 0.3 is 5.63 Å². The monoisotopic (exact) mass is 512 g/mol. The molecule has 8 nitrogen and oxygen atoms in total. The van der Waals surface area contributed by atoms with Gasteiger partial charge in [0.15, 0.2) is 11.5 Å². The second-order valence-electron chi connectivity index (χ2n) is 8.68. The Kier molecular flexibility index (Phi) is 5.42. The molecule has 0 spiro atoms. The average Bonchev–Trinajstić information content (AvgIpc) is 3.47. The molecule has 0 bridgehead atoms. The SMILES string of the molecule is Cc1c(Cc2ccc3c(c2)OCO3)sc(NC(=O)c2cc3c(ccc4ccccc43)oc2=O)c1C(N)=O. The van der Waals surface area contributed by atoms with E-state index in [-0.39, 0.29) is 22.9 Å². The summed E-state index contributed by atoms with van der Waals surface area (Å²) < 4.78 is 16.3. The Hall–Kier alpha value is -4.63. The van der Waals surface area contributed by atoms with E-state index in [1.165, 1.54) is 17.4 Å². The molecule has 2 amide bonds. The molecular weight excluding hydrogens is 492 g/mol. The van der Waals surface area contributed by atoms with E-state index in [2.05, 4.69) is 5.32 Å². The third-order valence-electron chi connectivity index (χ3n) is 6.41. The Balaban J connectivity index is 1.36. The lowest BCUT2D eigenvalue weighted by Crippen LogP contribution is -2.22. The quantitative estimate of drug-likeness (QED) is 0.253. The van der Waals surface area contributed by atoms with Crippen LogP contribution in [0.1, 0.15) is 36.7 Å². The first kappa shape index (κ1) is 22.8. The van der Waals surface area contributed by atoms with Crippen molar-refractivity contribution in [1.82, 2.24) is 0 Å². The molecule has 2 aromatic heterocycles. The van der Waals surface area contributed by atoms with Gasteiger partial charge in [0.1, 0.15) is 16.1 Å². The van der Waals surface area contributed by atoms with E-state index in [0.29, 0.717) is 34.5 Å². The van der Waals surface area contributed by atoms with Crippen LogP contribution in [0.15, 0.2) is 69.9 Å². The van der Waals surface area contributed by atoms with Crippen molar-refractivity contribution < 1.29 is 23.5 Å². The van der Waals surface area contributed by atoms with Crippen LogP contribution in [0, 0.1) is 6.92 Å². The lowest BCUT2D eigenvalue weighted by molar-refractivity contribution is 0.100. The van der Waals surface area contributed by atoms with E-state index in [0.717, 1.165) is 21.2 Å². The zero-order valence-electron chi connectivity index (χ0n) is 19.6. The van der Waals surface area contributed by atoms with E-state index in [9.17, 15) is 14.4 Å². The van der Waals surface area contributed by atoms with E-state index in [1.54, 1.807) is 13.0 Å². The number of hydrogen-bond acceptors (Lipinski definition) is 7. The number of carbonyl (C=O) groups is 2. The highest BCUT2D eigenvalue weighted by atomic mass is 32.1. The number of amides is 2. The summed E-state index contributed by atoms with van der Waals surface area (Å²) in [5.74, 6) is -0.00942. The maximum absolute atomic E-state index is 13.2. The molecule has 0 saturated heterocycles. The van der Waals surface area contributed by atoms with Gasteiger partial charge in [0, 0.05) is 16.7 Å². The third kappa shape index (κ3) is 3.99. The molecule has 0 radical (unpaired) electrons. The largest absolute Gasteiger partial charge is 0.454 e. The van der Waals surface area contributed by atoms with Gasteiger partial charge in [-0.3, -0.25) is 9.59 Å². The minimum Gasteiger partial charge on any atom is -0.454 e. The molecule has 3 heterocycles. The normalized spacial score (nSPS) is 12.2. The molecule has 6 rings (SSSR count). The summed E-state index contributed by atoms with van der Waals surface area (Å²) in [6.07, 6.45) is 0.493. The van der Waals surface area contributed by atoms with Crippen LogP contribution in [-0.2, 0) is 6.42 Å². The molecule has 0 fully saturated rings. The van der Waals surface area contributed by atoms with Gasteiger partial charge in [-0.15, -0.1) is 11.3 Å². The number of thiophene rings is 1. The number of rotatable bonds is 5. The lowest BCUT2D eigenvalue weighted by atomic mass is 10.0. The van der Waals surface area contributed by atoms with E-state index in [1.807, 2.05) is 48.5 Å². The number of nitrogens with two attached hydrogens (primary N) is 1. The summed E-state index contributed by atoms with van der Waals surface area (Å²) in [4.78, 5) is 39.1. The molecule has 1 aliphatic rings. The van der Waals surface area contributed by atoms with Gasteiger partial charge in [0.2, 0.25) is 6.79 Å². The summed E-state index contributed by atoms with van der Waals surface area (Å²) in [7, 11) is 0. The summed E-state index contributed by atoms with van der Waals surface area (Å²) in [6.45, 7) is 1.96. The first-order valence-electron chi connectivity index (χ1n) is 11.5. The number of anilines is 1. The molecule has 184 valence electrons. The zero-order valence-corrected chi connectivity index (χ0v) is 20.4. The van der Waals surface area contributed by atoms with Crippen LogP contribution in [0.4, 0.5) is 5.00 Å². The van der Waals surface area contributed by atoms with Crippen LogP contribution >= 0.6 is 11.3 Å². The van der Waals surface area contributed by atoms with Gasteiger partial charge in [-0.2, -0.15) is 0 Å². The molecule has 3 N–H and O–H groups in total. The molecular formula is C28H20N2O6S. The average molecular weight is 513 g/mol. The molecule has 0 unspecified atom stereocenters. The Morgan fingerprint density at radius 3 is 2.65 bits per heavy atom. The second-order valence-corrected chi connectivity index (χ2v) is 9.79. The first-order valence-corrected chi connectivity index (χ1v) is 12.3. The molecule has 9 heteroatoms. The van der Waals surface area contributed by atoms with Crippen LogP contribution in [0.5, 0.6) is 11.5 Å². The van der Waals surface area contributed by atoms with Crippen LogP contribution < -0.4 is 26.1 Å². The van der Waals surface area contributed by atoms with Crippen molar-refractivity contribution in [3.63, 3.8) is 0 Å². The van der Waals surface area contributed by atoms with Gasteiger partial charge in [0.05, 0.1) is 5.56 Å². The van der Waals surface area contributed by atoms with E-state index < -0.39 is 17.4 Å². The highest BCUT2D eigenvalue weighted by molar-refractivity contribution is 7.17. The van der Waals surface area contributed by atoms with Gasteiger partial charge in [-0.05, 0) is 53.1 Å². The van der Waals surface area contributed by atoms with Crippen LogP contribution in [-0.4, -0.2) is 18.6 Å². The topological polar surface area (TPSA) is 121 Å². The number of nitrogens with one attached hydrogen (secondary N) is 1. The Morgan fingerprint density at radius 2 is 1.81 bits per heavy atom. The smallest absolute Gasteiger partial charge is 0.349 e. The standard InChI is InChI=1S/C28H20N2O6S/c1-14-23(11-15-6-8-21-22(10-15)35-13-34-21)37-27(24(14)25(29)31)30-26(32)19-12-18-17-5-3-2-4-16(17)7-9-20(18)36-28(19)33/h2-10,12H,11,13H2,1H3,(H2,29,31)(H,30,32). The van der Waals surface area contributed by atoms with Crippen molar-refractivity contribution >= 4 is 49.9 Å². The zero-order chi connectivity index (χ0) is 25.7. The van der Waals surface area contributed by atoms with Crippen molar-refractivity contribution in [1.29, 1.82) is 0 Å². The molecule has 0 saturated carbocycles. The Morgan fingerprint density at radius 1 is 1.00 bits per heavy atom. The van der Waals surface area contributed by atoms with Gasteiger partial charge in [-0.25, -0.2) is 4.79 Å². The third-order valence-corrected chi connectivity index (χ3v) is 7.61. The highest BCUT2D eigenvalue weighted by Crippen LogP contribution is 2.37. The van der Waals surface area contributed by atoms with Crippen LogP contribution in [0.3, 0.4) is 0 Å². The van der Waals surface area contributed by atoms with Crippen molar-refractivity contribution in [3.05, 3.63) is 98.2 Å². The molecule has 37 heavy (non-hydrogen) atoms. The van der Waals surface area contributed by atoms with Crippen molar-refractivity contribution in [2.75, 3.05) is 12.1 Å². The minimum absolute atomic E-state index is 0.164. The van der Waals surface area contributed by atoms with Crippen molar-refractivity contribution in [2.45, 2.75) is 13.3 Å².